The topological polar surface area (TPSA) is 66.5 Å². The van der Waals surface area contributed by atoms with Crippen molar-refractivity contribution in [2.75, 3.05) is 11.4 Å². The van der Waals surface area contributed by atoms with Gasteiger partial charge in [0.2, 0.25) is 15.9 Å². The number of nitrogens with one attached hydrogen (secondary N) is 1. The van der Waals surface area contributed by atoms with Gasteiger partial charge in [0.05, 0.1) is 10.9 Å². The van der Waals surface area contributed by atoms with Crippen LogP contribution >= 0.6 is 0 Å². The van der Waals surface area contributed by atoms with Crippen LogP contribution in [0.5, 0.6) is 0 Å². The molecule has 0 aliphatic carbocycles. The fourth-order valence-electron chi connectivity index (χ4n) is 3.01. The Hall–Kier alpha value is -2.18. The molecule has 1 amide bonds. The van der Waals surface area contributed by atoms with E-state index in [1.165, 1.54) is 0 Å². The molecule has 1 heterocycles. The van der Waals surface area contributed by atoms with E-state index in [9.17, 15) is 13.2 Å². The number of fused-ring (bicyclic) bond motifs is 1. The van der Waals surface area contributed by atoms with E-state index >= 15 is 0 Å². The third-order valence-corrected chi connectivity index (χ3v) is 5.94. The van der Waals surface area contributed by atoms with Gasteiger partial charge in [0.15, 0.2) is 0 Å². The first-order valence-corrected chi connectivity index (χ1v) is 9.36. The van der Waals surface area contributed by atoms with Gasteiger partial charge >= 0.3 is 0 Å². The zero-order chi connectivity index (χ0) is 17.3. The highest BCUT2D eigenvalue weighted by Gasteiger charge is 2.30. The van der Waals surface area contributed by atoms with Crippen LogP contribution in [0.25, 0.3) is 0 Å². The number of benzene rings is 2. The molecule has 0 unspecified atom stereocenters. The van der Waals surface area contributed by atoms with Gasteiger partial charge in [0.25, 0.3) is 0 Å². The molecule has 2 aromatic carbocycles. The van der Waals surface area contributed by atoms with Crippen LogP contribution in [0.3, 0.4) is 0 Å². The van der Waals surface area contributed by atoms with Gasteiger partial charge in [-0.25, -0.2) is 8.42 Å². The van der Waals surface area contributed by atoms with Crippen molar-refractivity contribution in [1.82, 2.24) is 4.72 Å². The highest BCUT2D eigenvalue weighted by atomic mass is 32.2. The molecular weight excluding hydrogens is 324 g/mol. The van der Waals surface area contributed by atoms with E-state index in [4.69, 9.17) is 0 Å². The second-order valence-electron chi connectivity index (χ2n) is 5.98. The Morgan fingerprint density at radius 1 is 1.12 bits per heavy atom. The van der Waals surface area contributed by atoms with Crippen LogP contribution in [0.15, 0.2) is 53.4 Å². The lowest BCUT2D eigenvalue weighted by Crippen LogP contribution is -2.46. The van der Waals surface area contributed by atoms with Crippen LogP contribution in [-0.2, 0) is 21.2 Å². The Balaban J connectivity index is 1.79. The number of hydrogen-bond acceptors (Lipinski definition) is 3. The van der Waals surface area contributed by atoms with Crippen LogP contribution in [0.1, 0.15) is 18.1 Å². The van der Waals surface area contributed by atoms with E-state index in [-0.39, 0.29) is 10.8 Å². The maximum atomic E-state index is 12.7. The number of carbonyl (C=O) groups is 1. The highest BCUT2D eigenvalue weighted by molar-refractivity contribution is 7.89. The molecule has 6 heteroatoms. The first-order valence-electron chi connectivity index (χ1n) is 7.87. The maximum absolute atomic E-state index is 12.7. The minimum atomic E-state index is -3.74. The lowest BCUT2D eigenvalue weighted by atomic mass is 10.2. The van der Waals surface area contributed by atoms with Crippen molar-refractivity contribution in [3.63, 3.8) is 0 Å². The normalized spacial score (nSPS) is 15.2. The summed E-state index contributed by atoms with van der Waals surface area (Å²) in [5.41, 5.74) is 2.63. The quantitative estimate of drug-likeness (QED) is 0.925. The molecular formula is C18H20N2O3S. The molecule has 0 radical (unpaired) electrons. The minimum Gasteiger partial charge on any atom is -0.310 e. The van der Waals surface area contributed by atoms with E-state index in [1.807, 2.05) is 24.3 Å². The summed E-state index contributed by atoms with van der Waals surface area (Å²) in [4.78, 5) is 14.6. The molecule has 0 aromatic heterocycles. The molecule has 126 valence electrons. The second kappa shape index (κ2) is 6.37. The number of nitrogens with zero attached hydrogens (tertiary/aromatic N) is 1. The number of hydrogen-bond donors (Lipinski definition) is 1. The van der Waals surface area contributed by atoms with Gasteiger partial charge in [-0.15, -0.1) is 0 Å². The molecule has 1 atom stereocenters. The van der Waals surface area contributed by atoms with Crippen LogP contribution in [0.2, 0.25) is 0 Å². The van der Waals surface area contributed by atoms with Crippen molar-refractivity contribution in [3.8, 4) is 0 Å². The van der Waals surface area contributed by atoms with Gasteiger partial charge in [-0.3, -0.25) is 4.79 Å². The van der Waals surface area contributed by atoms with E-state index in [1.54, 1.807) is 43.0 Å². The van der Waals surface area contributed by atoms with Crippen molar-refractivity contribution in [2.45, 2.75) is 31.2 Å². The summed E-state index contributed by atoms with van der Waals surface area (Å²) in [6, 6.07) is 13.6. The van der Waals surface area contributed by atoms with Gasteiger partial charge in [-0.1, -0.05) is 36.4 Å². The average molecular weight is 344 g/mol. The van der Waals surface area contributed by atoms with E-state index in [0.29, 0.717) is 12.1 Å². The fourth-order valence-corrected chi connectivity index (χ4v) is 4.45. The molecule has 1 aliphatic heterocycles. The first kappa shape index (κ1) is 16.7. The molecule has 3 rings (SSSR count). The van der Waals surface area contributed by atoms with Crippen molar-refractivity contribution < 1.29 is 13.2 Å². The zero-order valence-electron chi connectivity index (χ0n) is 13.7. The Kier molecular flexibility index (Phi) is 4.43. The standard InChI is InChI=1S/C18H20N2O3S/c1-13-7-3-6-10-17(13)24(22,23)19-14(2)18(21)20-12-11-15-8-4-5-9-16(15)20/h3-10,14,19H,11-12H2,1-2H3/t14-/m0/s1. The minimum absolute atomic E-state index is 0.200. The molecule has 1 N–H and O–H groups in total. The Morgan fingerprint density at radius 2 is 1.79 bits per heavy atom. The van der Waals surface area contributed by atoms with Crippen molar-refractivity contribution in [2.24, 2.45) is 0 Å². The number of carbonyl (C=O) groups excluding carboxylic acids is 1. The molecule has 0 bridgehead atoms. The van der Waals surface area contributed by atoms with Gasteiger partial charge in [0, 0.05) is 12.2 Å². The lowest BCUT2D eigenvalue weighted by Gasteiger charge is -2.22. The van der Waals surface area contributed by atoms with Gasteiger partial charge in [-0.05, 0) is 43.5 Å². The summed E-state index contributed by atoms with van der Waals surface area (Å²) in [5.74, 6) is -0.239. The third-order valence-electron chi connectivity index (χ3n) is 4.24. The molecule has 24 heavy (non-hydrogen) atoms. The molecule has 0 saturated carbocycles. The summed E-state index contributed by atoms with van der Waals surface area (Å²) < 4.78 is 27.6. The van der Waals surface area contributed by atoms with Crippen molar-refractivity contribution in [3.05, 3.63) is 59.7 Å². The number of para-hydroxylation sites is 1. The van der Waals surface area contributed by atoms with Gasteiger partial charge in [-0.2, -0.15) is 4.72 Å². The lowest BCUT2D eigenvalue weighted by molar-refractivity contribution is -0.119. The van der Waals surface area contributed by atoms with Crippen LogP contribution < -0.4 is 9.62 Å². The second-order valence-corrected chi connectivity index (χ2v) is 7.66. The monoisotopic (exact) mass is 344 g/mol. The predicted octanol–water partition coefficient (Wildman–Crippen LogP) is 2.25. The Bertz CT molecular complexity index is 877. The SMILES string of the molecule is Cc1ccccc1S(=O)(=O)N[C@@H](C)C(=O)N1CCc2ccccc21. The number of aryl methyl sites for hydroxylation is 1. The Labute approximate surface area is 142 Å². The molecule has 0 fully saturated rings. The largest absolute Gasteiger partial charge is 0.310 e. The summed E-state index contributed by atoms with van der Waals surface area (Å²) in [7, 11) is -3.74. The smallest absolute Gasteiger partial charge is 0.244 e. The Morgan fingerprint density at radius 3 is 2.54 bits per heavy atom. The average Bonchev–Trinajstić information content (AvgIpc) is 2.98. The molecule has 2 aromatic rings. The van der Waals surface area contributed by atoms with Crippen LogP contribution in [0.4, 0.5) is 5.69 Å². The number of rotatable bonds is 4. The van der Waals surface area contributed by atoms with Crippen LogP contribution in [-0.4, -0.2) is 26.9 Å². The molecule has 5 nitrogen and oxygen atoms in total. The van der Waals surface area contributed by atoms with Crippen molar-refractivity contribution >= 4 is 21.6 Å². The maximum Gasteiger partial charge on any atom is 0.244 e. The molecule has 1 aliphatic rings. The number of anilines is 1. The summed E-state index contributed by atoms with van der Waals surface area (Å²) >= 11 is 0. The number of sulfonamides is 1. The van der Waals surface area contributed by atoms with E-state index in [0.717, 1.165) is 17.7 Å². The zero-order valence-corrected chi connectivity index (χ0v) is 14.5. The summed E-state index contributed by atoms with van der Waals surface area (Å²) in [5, 5.41) is 0. The van der Waals surface area contributed by atoms with Crippen LogP contribution in [0, 0.1) is 6.92 Å². The van der Waals surface area contributed by atoms with Crippen molar-refractivity contribution in [1.29, 1.82) is 0 Å². The van der Waals surface area contributed by atoms with E-state index in [2.05, 4.69) is 4.72 Å². The van der Waals surface area contributed by atoms with E-state index < -0.39 is 16.1 Å². The third kappa shape index (κ3) is 3.07. The summed E-state index contributed by atoms with van der Waals surface area (Å²) in [6.45, 7) is 3.89. The number of amides is 1. The molecule has 0 saturated heterocycles. The summed E-state index contributed by atoms with van der Waals surface area (Å²) in [6.07, 6.45) is 0.791. The first-order chi connectivity index (χ1) is 11.4. The fraction of sp³-hybridized carbons (Fsp3) is 0.278. The van der Waals surface area contributed by atoms with Gasteiger partial charge < -0.3 is 4.90 Å². The van der Waals surface area contributed by atoms with Gasteiger partial charge in [0.1, 0.15) is 0 Å². The highest BCUT2D eigenvalue weighted by Crippen LogP contribution is 2.28. The predicted molar refractivity (Wildman–Crippen MR) is 93.5 cm³/mol. The molecule has 0 spiro atoms.